The van der Waals surface area contributed by atoms with E-state index < -0.39 is 0 Å². The molecule has 0 unspecified atom stereocenters. The van der Waals surface area contributed by atoms with E-state index in [-0.39, 0.29) is 29.5 Å². The van der Waals surface area contributed by atoms with Gasteiger partial charge in [0.25, 0.3) is 0 Å². The first-order chi connectivity index (χ1) is 14.7. The third kappa shape index (κ3) is 5.93. The predicted octanol–water partition coefficient (Wildman–Crippen LogP) is 3.84. The second-order valence-electron chi connectivity index (χ2n) is 8.77. The van der Waals surface area contributed by atoms with Crippen molar-refractivity contribution < 1.29 is 4.74 Å². The molecule has 1 aromatic heterocycles. The van der Waals surface area contributed by atoms with Crippen LogP contribution in [0, 0.1) is 6.92 Å². The number of aromatic amines is 1. The topological polar surface area (TPSA) is 64.7 Å². The van der Waals surface area contributed by atoms with Gasteiger partial charge in [0, 0.05) is 48.9 Å². The van der Waals surface area contributed by atoms with Gasteiger partial charge in [-0.25, -0.2) is 0 Å². The summed E-state index contributed by atoms with van der Waals surface area (Å²) in [5.41, 5.74) is 4.03. The van der Waals surface area contributed by atoms with Crippen LogP contribution >= 0.6 is 24.0 Å². The van der Waals surface area contributed by atoms with Gasteiger partial charge in [0.05, 0.1) is 6.54 Å². The number of nitrogens with zero attached hydrogens (tertiary/aromatic N) is 2. The molecule has 3 heterocycles. The third-order valence-electron chi connectivity index (χ3n) is 6.69. The van der Waals surface area contributed by atoms with Gasteiger partial charge in [0.1, 0.15) is 0 Å². The summed E-state index contributed by atoms with van der Waals surface area (Å²) in [6.07, 6.45) is 7.91. The fourth-order valence-electron chi connectivity index (χ4n) is 4.91. The fraction of sp³-hybridized carbons (Fsp3) is 0.625. The highest BCUT2D eigenvalue weighted by atomic mass is 127. The van der Waals surface area contributed by atoms with Crippen molar-refractivity contribution >= 4 is 40.8 Å². The molecule has 2 aliphatic rings. The van der Waals surface area contributed by atoms with Crippen molar-refractivity contribution in [2.45, 2.75) is 51.5 Å². The van der Waals surface area contributed by atoms with Gasteiger partial charge in [-0.2, -0.15) is 0 Å². The summed E-state index contributed by atoms with van der Waals surface area (Å²) < 4.78 is 5.68. The van der Waals surface area contributed by atoms with Gasteiger partial charge in [0.15, 0.2) is 5.96 Å². The minimum atomic E-state index is 0. The number of ether oxygens (including phenoxy) is 1. The monoisotopic (exact) mass is 539 g/mol. The van der Waals surface area contributed by atoms with Crippen LogP contribution in [0.2, 0.25) is 0 Å². The number of aromatic nitrogens is 1. The Hall–Kier alpha value is -1.32. The lowest BCUT2D eigenvalue weighted by Crippen LogP contribution is -2.54. The molecule has 7 heteroatoms. The number of aliphatic imine (C=N–C) groups is 1. The number of hydrogen-bond donors (Lipinski definition) is 3. The zero-order chi connectivity index (χ0) is 20.8. The van der Waals surface area contributed by atoms with E-state index >= 15 is 0 Å². The van der Waals surface area contributed by atoms with Crippen molar-refractivity contribution in [3.05, 3.63) is 35.5 Å². The van der Waals surface area contributed by atoms with E-state index in [2.05, 4.69) is 58.8 Å². The third-order valence-corrected chi connectivity index (χ3v) is 6.69. The Balaban J connectivity index is 0.00000272. The number of fused-ring (bicyclic) bond motifs is 1. The second kappa shape index (κ2) is 11.5. The Bertz CT molecular complexity index is 853. The number of guanidine groups is 1. The van der Waals surface area contributed by atoms with Gasteiger partial charge >= 0.3 is 0 Å². The Kier molecular flexibility index (Phi) is 9.04. The molecular weight excluding hydrogens is 501 g/mol. The van der Waals surface area contributed by atoms with Crippen molar-refractivity contribution in [3.63, 3.8) is 0 Å². The molecule has 1 aromatic carbocycles. The van der Waals surface area contributed by atoms with E-state index in [9.17, 15) is 0 Å². The SMILES string of the molecule is CCNC(=NCC1(N2CCCC2)CCOCC1)NCCc1c[nH]c2cc(C)ccc12.I. The highest BCUT2D eigenvalue weighted by molar-refractivity contribution is 14.0. The molecule has 3 N–H and O–H groups in total. The molecule has 2 aromatic rings. The molecule has 0 amide bonds. The summed E-state index contributed by atoms with van der Waals surface area (Å²) >= 11 is 0. The quantitative estimate of drug-likeness (QED) is 0.284. The summed E-state index contributed by atoms with van der Waals surface area (Å²) in [4.78, 5) is 11.1. The van der Waals surface area contributed by atoms with Gasteiger partial charge in [-0.15, -0.1) is 24.0 Å². The minimum Gasteiger partial charge on any atom is -0.381 e. The molecule has 2 aliphatic heterocycles. The van der Waals surface area contributed by atoms with E-state index in [0.29, 0.717) is 0 Å². The molecule has 0 radical (unpaired) electrons. The Labute approximate surface area is 203 Å². The largest absolute Gasteiger partial charge is 0.381 e. The fourth-order valence-corrected chi connectivity index (χ4v) is 4.91. The molecule has 0 saturated carbocycles. The van der Waals surface area contributed by atoms with Gasteiger partial charge in [-0.3, -0.25) is 9.89 Å². The summed E-state index contributed by atoms with van der Waals surface area (Å²) in [7, 11) is 0. The lowest BCUT2D eigenvalue weighted by molar-refractivity contribution is -0.0139. The van der Waals surface area contributed by atoms with Crippen LogP contribution in [0.25, 0.3) is 10.9 Å². The molecule has 2 fully saturated rings. The molecule has 0 bridgehead atoms. The molecule has 0 atom stereocenters. The van der Waals surface area contributed by atoms with Gasteiger partial charge < -0.3 is 20.4 Å². The number of nitrogens with one attached hydrogen (secondary N) is 3. The second-order valence-corrected chi connectivity index (χ2v) is 8.77. The number of likely N-dealkylation sites (tertiary alicyclic amines) is 1. The zero-order valence-corrected chi connectivity index (χ0v) is 21.3. The Morgan fingerprint density at radius 1 is 1.19 bits per heavy atom. The van der Waals surface area contributed by atoms with E-state index in [1.54, 1.807) is 0 Å². The maximum Gasteiger partial charge on any atom is 0.191 e. The first-order valence-electron chi connectivity index (χ1n) is 11.6. The molecule has 31 heavy (non-hydrogen) atoms. The van der Waals surface area contributed by atoms with Crippen LogP contribution in [0.5, 0.6) is 0 Å². The number of hydrogen-bond acceptors (Lipinski definition) is 3. The lowest BCUT2D eigenvalue weighted by atomic mass is 9.88. The molecule has 4 rings (SSSR count). The Morgan fingerprint density at radius 3 is 2.71 bits per heavy atom. The van der Waals surface area contributed by atoms with Crippen LogP contribution in [0.3, 0.4) is 0 Å². The minimum absolute atomic E-state index is 0. The van der Waals surface area contributed by atoms with Crippen LogP contribution in [0.15, 0.2) is 29.4 Å². The predicted molar refractivity (Wildman–Crippen MR) is 140 cm³/mol. The smallest absolute Gasteiger partial charge is 0.191 e. The average Bonchev–Trinajstić information content (AvgIpc) is 3.43. The normalized spacial score (nSPS) is 19.4. The van der Waals surface area contributed by atoms with Crippen LogP contribution in [0.1, 0.15) is 43.7 Å². The zero-order valence-electron chi connectivity index (χ0n) is 19.0. The van der Waals surface area contributed by atoms with Crippen molar-refractivity contribution in [1.29, 1.82) is 0 Å². The van der Waals surface area contributed by atoms with Crippen LogP contribution in [-0.4, -0.2) is 67.3 Å². The van der Waals surface area contributed by atoms with Crippen molar-refractivity contribution in [2.75, 3.05) is 45.9 Å². The first-order valence-corrected chi connectivity index (χ1v) is 11.6. The highest BCUT2D eigenvalue weighted by Gasteiger charge is 2.39. The summed E-state index contributed by atoms with van der Waals surface area (Å²) in [5.74, 6) is 0.929. The number of rotatable bonds is 7. The van der Waals surface area contributed by atoms with Gasteiger partial charge in [-0.1, -0.05) is 12.1 Å². The first kappa shape index (κ1) is 24.3. The summed E-state index contributed by atoms with van der Waals surface area (Å²) in [5, 5.41) is 8.31. The summed E-state index contributed by atoms with van der Waals surface area (Å²) in [6.45, 7) is 11.0. The number of H-pyrrole nitrogens is 1. The number of benzene rings is 1. The van der Waals surface area contributed by atoms with Gasteiger partial charge in [0.2, 0.25) is 0 Å². The molecule has 0 spiro atoms. The van der Waals surface area contributed by atoms with Crippen LogP contribution in [0.4, 0.5) is 0 Å². The maximum absolute atomic E-state index is 5.68. The van der Waals surface area contributed by atoms with Crippen LogP contribution < -0.4 is 10.6 Å². The molecule has 172 valence electrons. The standard InChI is InChI=1S/C24H37N5O.HI/c1-3-25-23(26-11-8-20-17-27-22-16-19(2)6-7-21(20)22)28-18-24(9-14-30-15-10-24)29-12-4-5-13-29;/h6-7,16-17,27H,3-5,8-15,18H2,1-2H3,(H2,25,26,28);1H. The highest BCUT2D eigenvalue weighted by Crippen LogP contribution is 2.31. The maximum atomic E-state index is 5.68. The Morgan fingerprint density at radius 2 is 1.97 bits per heavy atom. The molecule has 0 aliphatic carbocycles. The molecule has 2 saturated heterocycles. The number of aryl methyl sites for hydroxylation is 1. The average molecular weight is 540 g/mol. The van der Waals surface area contributed by atoms with E-state index in [1.807, 2.05) is 0 Å². The molecule has 6 nitrogen and oxygen atoms in total. The van der Waals surface area contributed by atoms with Gasteiger partial charge in [-0.05, 0) is 76.2 Å². The van der Waals surface area contributed by atoms with E-state index in [0.717, 1.165) is 58.1 Å². The lowest BCUT2D eigenvalue weighted by Gasteiger charge is -2.43. The van der Waals surface area contributed by atoms with E-state index in [4.69, 9.17) is 9.73 Å². The van der Waals surface area contributed by atoms with Crippen molar-refractivity contribution in [2.24, 2.45) is 4.99 Å². The van der Waals surface area contributed by atoms with Crippen molar-refractivity contribution in [1.82, 2.24) is 20.5 Å². The summed E-state index contributed by atoms with van der Waals surface area (Å²) in [6, 6.07) is 6.62. The number of halogens is 1. The van der Waals surface area contributed by atoms with Crippen LogP contribution in [-0.2, 0) is 11.2 Å². The van der Waals surface area contributed by atoms with E-state index in [1.165, 1.54) is 48.0 Å². The molecular formula is C24H38IN5O. The van der Waals surface area contributed by atoms with Crippen molar-refractivity contribution in [3.8, 4) is 0 Å².